The quantitative estimate of drug-likeness (QED) is 0.376. The smallest absolute Gasteiger partial charge is 0.212 e. The van der Waals surface area contributed by atoms with E-state index >= 15 is 0 Å². The molecule has 25 heavy (non-hydrogen) atoms. The Balaban J connectivity index is 0.00000178. The third kappa shape index (κ3) is 11.0. The van der Waals surface area contributed by atoms with Crippen LogP contribution in [0.25, 0.3) is 0 Å². The molecule has 0 spiro atoms. The molecule has 4 nitrogen and oxygen atoms in total. The van der Waals surface area contributed by atoms with Crippen molar-refractivity contribution in [1.82, 2.24) is 4.90 Å². The number of hydrogen-bond acceptors (Lipinski definition) is 4. The standard InChI is InChI=1S/C19H32N2O.C2H6O/c1-6-8-12-21-14-18(13-17(21)4)15-22-19(20-5)11-10-16(3)9-7-2;1-2-3/h7,9-11,17-18H,5-6,8,12-15H2,1-4H3;3H,2H2,1H3/b9-7+,16-10-,19-11+;. The summed E-state index contributed by atoms with van der Waals surface area (Å²) in [6, 6.07) is 0.668. The first-order chi connectivity index (χ1) is 12.0. The Kier molecular flexibility index (Phi) is 14.1. The van der Waals surface area contributed by atoms with Crippen molar-refractivity contribution in [2.75, 3.05) is 26.3 Å². The minimum atomic E-state index is 0.250. The zero-order valence-electron chi connectivity index (χ0n) is 16.9. The van der Waals surface area contributed by atoms with Crippen LogP contribution in [0.1, 0.15) is 53.9 Å². The maximum Gasteiger partial charge on any atom is 0.212 e. The Morgan fingerprint density at radius 3 is 2.60 bits per heavy atom. The molecular weight excluding hydrogens is 312 g/mol. The Morgan fingerprint density at radius 1 is 1.36 bits per heavy atom. The second kappa shape index (κ2) is 14.9. The molecule has 4 heteroatoms. The lowest BCUT2D eigenvalue weighted by Gasteiger charge is -2.20. The Bertz CT molecular complexity index is 441. The Hall–Kier alpha value is -1.39. The van der Waals surface area contributed by atoms with Gasteiger partial charge in [-0.15, -0.1) is 0 Å². The van der Waals surface area contributed by atoms with Crippen molar-refractivity contribution in [2.24, 2.45) is 10.9 Å². The van der Waals surface area contributed by atoms with E-state index in [1.165, 1.54) is 31.4 Å². The van der Waals surface area contributed by atoms with Gasteiger partial charge in [0.05, 0.1) is 6.61 Å². The molecular formula is C21H38N2O2. The van der Waals surface area contributed by atoms with Crippen LogP contribution in [-0.4, -0.2) is 49.1 Å². The van der Waals surface area contributed by atoms with Gasteiger partial charge in [-0.25, -0.2) is 4.99 Å². The number of likely N-dealkylation sites (tertiary alicyclic amines) is 1. The molecule has 1 fully saturated rings. The fraction of sp³-hybridized carbons (Fsp3) is 0.667. The molecule has 0 saturated carbocycles. The van der Waals surface area contributed by atoms with Gasteiger partial charge in [-0.3, -0.25) is 0 Å². The van der Waals surface area contributed by atoms with Gasteiger partial charge in [0.25, 0.3) is 0 Å². The predicted molar refractivity (Wildman–Crippen MR) is 109 cm³/mol. The normalized spacial score (nSPS) is 22.0. The largest absolute Gasteiger partial charge is 0.477 e. The van der Waals surface area contributed by atoms with E-state index in [1.54, 1.807) is 6.92 Å². The van der Waals surface area contributed by atoms with Crippen LogP contribution in [-0.2, 0) is 4.74 Å². The molecule has 2 atom stereocenters. The molecule has 1 saturated heterocycles. The number of nitrogens with zero attached hydrogens (tertiary/aromatic N) is 2. The topological polar surface area (TPSA) is 45.1 Å². The number of rotatable bonds is 9. The highest BCUT2D eigenvalue weighted by molar-refractivity contribution is 5.29. The van der Waals surface area contributed by atoms with E-state index in [4.69, 9.17) is 9.84 Å². The Labute approximate surface area is 155 Å². The van der Waals surface area contributed by atoms with E-state index in [0.717, 1.165) is 13.2 Å². The molecule has 1 N–H and O–H groups in total. The number of aliphatic hydroxyl groups excluding tert-OH is 1. The minimum Gasteiger partial charge on any atom is -0.477 e. The summed E-state index contributed by atoms with van der Waals surface area (Å²) in [5, 5.41) is 7.57. The molecule has 1 rings (SSSR count). The zero-order valence-corrected chi connectivity index (χ0v) is 16.9. The number of aliphatic imine (C=N–C) groups is 1. The highest BCUT2D eigenvalue weighted by Crippen LogP contribution is 2.24. The summed E-state index contributed by atoms with van der Waals surface area (Å²) >= 11 is 0. The van der Waals surface area contributed by atoms with Gasteiger partial charge in [-0.05, 0) is 53.8 Å². The lowest BCUT2D eigenvalue weighted by molar-refractivity contribution is 0.163. The lowest BCUT2D eigenvalue weighted by atomic mass is 10.1. The van der Waals surface area contributed by atoms with E-state index < -0.39 is 0 Å². The zero-order chi connectivity index (χ0) is 19.1. The molecule has 0 aliphatic carbocycles. The summed E-state index contributed by atoms with van der Waals surface area (Å²) in [6.45, 7) is 17.2. The number of allylic oxidation sites excluding steroid dienone is 5. The highest BCUT2D eigenvalue weighted by atomic mass is 16.5. The van der Waals surface area contributed by atoms with Gasteiger partial charge in [-0.1, -0.05) is 37.1 Å². The average molecular weight is 351 g/mol. The van der Waals surface area contributed by atoms with Crippen molar-refractivity contribution in [3.05, 3.63) is 35.8 Å². The SMILES string of the molecule is C=N\C(=C/C=C(C)\C=C\C)OCC1CC(C)N(CCCC)C1.CCO. The van der Waals surface area contributed by atoms with Crippen molar-refractivity contribution in [2.45, 2.75) is 59.9 Å². The number of unbranched alkanes of at least 4 members (excludes halogenated alkanes) is 1. The number of hydrogen-bond donors (Lipinski definition) is 1. The fourth-order valence-corrected chi connectivity index (χ4v) is 2.88. The third-order valence-corrected chi connectivity index (χ3v) is 4.13. The van der Waals surface area contributed by atoms with Crippen molar-refractivity contribution in [3.8, 4) is 0 Å². The first-order valence-electron chi connectivity index (χ1n) is 9.47. The van der Waals surface area contributed by atoms with Crippen molar-refractivity contribution in [3.63, 3.8) is 0 Å². The molecule has 144 valence electrons. The fourth-order valence-electron chi connectivity index (χ4n) is 2.88. The minimum absolute atomic E-state index is 0.250. The van der Waals surface area contributed by atoms with Gasteiger partial charge < -0.3 is 14.7 Å². The summed E-state index contributed by atoms with van der Waals surface area (Å²) in [6.07, 6.45) is 11.7. The molecule has 1 aliphatic rings. The monoisotopic (exact) mass is 350 g/mol. The van der Waals surface area contributed by atoms with Crippen molar-refractivity contribution >= 4 is 6.72 Å². The first kappa shape index (κ1) is 23.6. The predicted octanol–water partition coefficient (Wildman–Crippen LogP) is 4.58. The van der Waals surface area contributed by atoms with Gasteiger partial charge in [0, 0.05) is 31.2 Å². The van der Waals surface area contributed by atoms with Gasteiger partial charge in [0.15, 0.2) is 0 Å². The van der Waals surface area contributed by atoms with Gasteiger partial charge in [0.2, 0.25) is 5.88 Å². The van der Waals surface area contributed by atoms with Crippen molar-refractivity contribution in [1.29, 1.82) is 0 Å². The van der Waals surface area contributed by atoms with Crippen LogP contribution >= 0.6 is 0 Å². The molecule has 0 radical (unpaired) electrons. The van der Waals surface area contributed by atoms with E-state index in [0.29, 0.717) is 17.8 Å². The Morgan fingerprint density at radius 2 is 2.04 bits per heavy atom. The number of ether oxygens (including phenoxy) is 1. The summed E-state index contributed by atoms with van der Waals surface area (Å²) in [4.78, 5) is 6.56. The van der Waals surface area contributed by atoms with Crippen LogP contribution < -0.4 is 0 Å². The molecule has 0 aromatic heterocycles. The highest BCUT2D eigenvalue weighted by Gasteiger charge is 2.28. The molecule has 2 unspecified atom stereocenters. The number of aliphatic hydroxyl groups is 1. The second-order valence-electron chi connectivity index (χ2n) is 6.50. The van der Waals surface area contributed by atoms with E-state index in [-0.39, 0.29) is 6.61 Å². The maximum absolute atomic E-state index is 7.57. The van der Waals surface area contributed by atoms with Gasteiger partial charge in [0.1, 0.15) is 0 Å². The van der Waals surface area contributed by atoms with Crippen LogP contribution in [0.3, 0.4) is 0 Å². The molecule has 0 aromatic rings. The van der Waals surface area contributed by atoms with Crippen LogP contribution in [0.15, 0.2) is 40.8 Å². The summed E-state index contributed by atoms with van der Waals surface area (Å²) in [5.74, 6) is 1.21. The molecule has 0 aromatic carbocycles. The summed E-state index contributed by atoms with van der Waals surface area (Å²) in [7, 11) is 0. The van der Waals surface area contributed by atoms with Crippen LogP contribution in [0.4, 0.5) is 0 Å². The lowest BCUT2D eigenvalue weighted by Crippen LogP contribution is -2.28. The van der Waals surface area contributed by atoms with E-state index in [1.807, 2.05) is 25.2 Å². The van der Waals surface area contributed by atoms with E-state index in [9.17, 15) is 0 Å². The molecule has 0 amide bonds. The van der Waals surface area contributed by atoms with Gasteiger partial charge >= 0.3 is 0 Å². The third-order valence-electron chi connectivity index (χ3n) is 4.13. The summed E-state index contributed by atoms with van der Waals surface area (Å²) in [5.41, 5.74) is 1.17. The maximum atomic E-state index is 7.57. The molecule has 0 bridgehead atoms. The first-order valence-corrected chi connectivity index (χ1v) is 9.47. The second-order valence-corrected chi connectivity index (χ2v) is 6.50. The van der Waals surface area contributed by atoms with Gasteiger partial charge in [-0.2, -0.15) is 0 Å². The average Bonchev–Trinajstić information content (AvgIpc) is 2.94. The van der Waals surface area contributed by atoms with Crippen LogP contribution in [0, 0.1) is 5.92 Å². The van der Waals surface area contributed by atoms with E-state index in [2.05, 4.69) is 43.5 Å². The summed E-state index contributed by atoms with van der Waals surface area (Å²) < 4.78 is 5.84. The molecule has 1 heterocycles. The van der Waals surface area contributed by atoms with Crippen LogP contribution in [0.2, 0.25) is 0 Å². The molecule has 1 aliphatic heterocycles. The van der Waals surface area contributed by atoms with Crippen molar-refractivity contribution < 1.29 is 9.84 Å². The van der Waals surface area contributed by atoms with Crippen LogP contribution in [0.5, 0.6) is 0 Å².